The number of rotatable bonds is 8. The van der Waals surface area contributed by atoms with Crippen LogP contribution in [0.3, 0.4) is 0 Å². The average molecular weight is 526 g/mol. The Kier molecular flexibility index (Phi) is 7.58. The molecule has 0 spiro atoms. The van der Waals surface area contributed by atoms with Crippen molar-refractivity contribution in [2.75, 3.05) is 37.6 Å². The van der Waals surface area contributed by atoms with Gasteiger partial charge in [-0.15, -0.1) is 11.3 Å². The van der Waals surface area contributed by atoms with Crippen LogP contribution in [-0.4, -0.2) is 49.4 Å². The Labute approximate surface area is 219 Å². The molecule has 188 valence electrons. The zero-order valence-corrected chi connectivity index (χ0v) is 21.5. The molecular formula is C28H29ClFN3O2S. The zero-order chi connectivity index (χ0) is 25.1. The molecule has 0 aliphatic carbocycles. The van der Waals surface area contributed by atoms with E-state index in [4.69, 9.17) is 11.6 Å². The van der Waals surface area contributed by atoms with E-state index >= 15 is 0 Å². The number of hydrogen-bond acceptors (Lipinski definition) is 4. The van der Waals surface area contributed by atoms with Crippen LogP contribution in [0.1, 0.15) is 27.2 Å². The topological polar surface area (TPSA) is 52.7 Å². The molecule has 2 aromatic carbocycles. The van der Waals surface area contributed by atoms with Crippen molar-refractivity contribution >= 4 is 40.4 Å². The smallest absolute Gasteiger partial charge is 0.258 e. The summed E-state index contributed by atoms with van der Waals surface area (Å²) in [6, 6.07) is 16.9. The monoisotopic (exact) mass is 525 g/mol. The highest BCUT2D eigenvalue weighted by molar-refractivity contribution is 7.10. The molecule has 2 aliphatic heterocycles. The van der Waals surface area contributed by atoms with E-state index in [1.54, 1.807) is 22.3 Å². The molecule has 2 unspecified atom stereocenters. The van der Waals surface area contributed by atoms with Gasteiger partial charge in [-0.3, -0.25) is 9.59 Å². The molecule has 5 nitrogen and oxygen atoms in total. The Morgan fingerprint density at radius 1 is 1.03 bits per heavy atom. The molecule has 5 rings (SSSR count). The van der Waals surface area contributed by atoms with Crippen molar-refractivity contribution in [2.24, 2.45) is 11.8 Å². The highest BCUT2D eigenvalue weighted by Gasteiger charge is 2.42. The first kappa shape index (κ1) is 24.8. The van der Waals surface area contributed by atoms with Crippen molar-refractivity contribution in [1.29, 1.82) is 0 Å². The number of thiophene rings is 1. The lowest BCUT2D eigenvalue weighted by Crippen LogP contribution is -2.34. The van der Waals surface area contributed by atoms with E-state index in [2.05, 4.69) is 34.5 Å². The van der Waals surface area contributed by atoms with Crippen molar-refractivity contribution < 1.29 is 14.0 Å². The highest BCUT2D eigenvalue weighted by Crippen LogP contribution is 2.35. The van der Waals surface area contributed by atoms with Crippen LogP contribution in [0.2, 0.25) is 5.02 Å². The van der Waals surface area contributed by atoms with E-state index in [0.717, 1.165) is 30.8 Å². The van der Waals surface area contributed by atoms with Crippen LogP contribution >= 0.6 is 22.9 Å². The van der Waals surface area contributed by atoms with Gasteiger partial charge in [0, 0.05) is 55.1 Å². The van der Waals surface area contributed by atoms with Crippen molar-refractivity contribution in [3.8, 4) is 0 Å². The molecule has 3 heterocycles. The van der Waals surface area contributed by atoms with Gasteiger partial charge < -0.3 is 15.1 Å². The fourth-order valence-electron chi connectivity index (χ4n) is 5.29. The van der Waals surface area contributed by atoms with Crippen molar-refractivity contribution in [1.82, 2.24) is 10.2 Å². The molecule has 36 heavy (non-hydrogen) atoms. The average Bonchev–Trinajstić information content (AvgIpc) is 3.59. The van der Waals surface area contributed by atoms with Crippen LogP contribution in [0.15, 0.2) is 60.0 Å². The van der Waals surface area contributed by atoms with Gasteiger partial charge in [-0.05, 0) is 54.1 Å². The first-order valence-electron chi connectivity index (χ1n) is 12.3. The van der Waals surface area contributed by atoms with Crippen molar-refractivity contribution in [2.45, 2.75) is 19.3 Å². The molecule has 8 heteroatoms. The minimum Gasteiger partial charge on any atom is -0.371 e. The van der Waals surface area contributed by atoms with E-state index < -0.39 is 5.82 Å². The largest absolute Gasteiger partial charge is 0.371 e. The van der Waals surface area contributed by atoms with Gasteiger partial charge in [0.2, 0.25) is 5.91 Å². The molecule has 2 saturated heterocycles. The number of anilines is 1. The van der Waals surface area contributed by atoms with E-state index in [1.807, 2.05) is 17.5 Å². The van der Waals surface area contributed by atoms with E-state index in [9.17, 15) is 14.0 Å². The number of aryl methyl sites for hydroxylation is 1. The molecule has 0 bridgehead atoms. The number of likely N-dealkylation sites (tertiary alicyclic amines) is 1. The molecule has 0 radical (unpaired) electrons. The zero-order valence-electron chi connectivity index (χ0n) is 20.0. The quantitative estimate of drug-likeness (QED) is 0.419. The minimum absolute atomic E-state index is 0.0218. The number of fused-ring (bicyclic) bond motifs is 1. The van der Waals surface area contributed by atoms with Crippen LogP contribution in [0.25, 0.3) is 0 Å². The standard InChI is InChI=1S/C28H29ClFN3O2S/c29-24-9-2-10-25(30)27(24)28(35)33-17-20-15-32(16-21(20)18-33)22-7-1-5-19(13-22)6-3-11-31-26(34)14-23-8-4-12-36-23/h1-2,4-5,7-10,12-13,20-21H,3,6,11,14-18H2,(H,31,34). The maximum absolute atomic E-state index is 14.2. The Balaban J connectivity index is 1.10. The number of nitrogens with one attached hydrogen (secondary N) is 1. The summed E-state index contributed by atoms with van der Waals surface area (Å²) < 4.78 is 14.2. The number of amides is 2. The number of halogens is 2. The SMILES string of the molecule is O=C(Cc1cccs1)NCCCc1cccc(N2CC3CN(C(=O)c4c(F)cccc4Cl)CC3C2)c1. The molecule has 2 aliphatic rings. The maximum atomic E-state index is 14.2. The van der Waals surface area contributed by atoms with Gasteiger partial charge in [-0.1, -0.05) is 35.9 Å². The fourth-order valence-corrected chi connectivity index (χ4v) is 6.24. The summed E-state index contributed by atoms with van der Waals surface area (Å²) in [5.74, 6) is -0.0864. The molecule has 2 fully saturated rings. The Morgan fingerprint density at radius 3 is 2.53 bits per heavy atom. The van der Waals surface area contributed by atoms with E-state index in [-0.39, 0.29) is 22.4 Å². The summed E-state index contributed by atoms with van der Waals surface area (Å²) in [6.07, 6.45) is 2.24. The summed E-state index contributed by atoms with van der Waals surface area (Å²) in [5, 5.41) is 5.16. The van der Waals surface area contributed by atoms with E-state index in [0.29, 0.717) is 37.9 Å². The molecule has 2 amide bonds. The molecule has 1 aromatic heterocycles. The number of carbonyl (C=O) groups is 2. The second kappa shape index (κ2) is 11.0. The highest BCUT2D eigenvalue weighted by atomic mass is 35.5. The summed E-state index contributed by atoms with van der Waals surface area (Å²) in [6.45, 7) is 3.66. The number of carbonyl (C=O) groups excluding carboxylic acids is 2. The fraction of sp³-hybridized carbons (Fsp3) is 0.357. The van der Waals surface area contributed by atoms with E-state index in [1.165, 1.54) is 23.4 Å². The van der Waals surface area contributed by atoms with Gasteiger partial charge in [-0.25, -0.2) is 4.39 Å². The Hall–Kier alpha value is -2.90. The Bertz CT molecular complexity index is 1200. The van der Waals surface area contributed by atoms with Gasteiger partial charge in [0.1, 0.15) is 5.82 Å². The molecular weight excluding hydrogens is 497 g/mol. The summed E-state index contributed by atoms with van der Waals surface area (Å²) in [4.78, 5) is 30.2. The second-order valence-corrected chi connectivity index (χ2v) is 11.1. The number of nitrogens with zero attached hydrogens (tertiary/aromatic N) is 2. The number of hydrogen-bond donors (Lipinski definition) is 1. The molecule has 0 saturated carbocycles. The Morgan fingerprint density at radius 2 is 1.81 bits per heavy atom. The third-order valence-corrected chi connectivity index (χ3v) is 8.30. The third-order valence-electron chi connectivity index (χ3n) is 7.11. The van der Waals surface area contributed by atoms with Gasteiger partial charge >= 0.3 is 0 Å². The lowest BCUT2D eigenvalue weighted by Gasteiger charge is -2.24. The van der Waals surface area contributed by atoms with Crippen LogP contribution < -0.4 is 10.2 Å². The van der Waals surface area contributed by atoms with Crippen LogP contribution in [0, 0.1) is 17.7 Å². The normalized spacial score (nSPS) is 18.9. The minimum atomic E-state index is -0.565. The van der Waals surface area contributed by atoms with Crippen molar-refractivity contribution in [3.05, 3.63) is 86.8 Å². The molecule has 3 aromatic rings. The lowest BCUT2D eigenvalue weighted by atomic mass is 10.0. The van der Waals surface area contributed by atoms with Gasteiger partial charge in [0.15, 0.2) is 0 Å². The van der Waals surface area contributed by atoms with Crippen molar-refractivity contribution in [3.63, 3.8) is 0 Å². The predicted molar refractivity (Wildman–Crippen MR) is 142 cm³/mol. The van der Waals surface area contributed by atoms with Gasteiger partial charge in [-0.2, -0.15) is 0 Å². The van der Waals surface area contributed by atoms with Gasteiger partial charge in [0.05, 0.1) is 17.0 Å². The summed E-state index contributed by atoms with van der Waals surface area (Å²) in [7, 11) is 0. The van der Waals surface area contributed by atoms with Crippen LogP contribution in [0.5, 0.6) is 0 Å². The number of benzene rings is 2. The lowest BCUT2D eigenvalue weighted by molar-refractivity contribution is -0.120. The molecule has 1 N–H and O–H groups in total. The second-order valence-electron chi connectivity index (χ2n) is 9.61. The molecule has 2 atom stereocenters. The summed E-state index contributed by atoms with van der Waals surface area (Å²) >= 11 is 7.72. The maximum Gasteiger partial charge on any atom is 0.258 e. The first-order chi connectivity index (χ1) is 17.5. The first-order valence-corrected chi connectivity index (χ1v) is 13.6. The van der Waals surface area contributed by atoms with Gasteiger partial charge in [0.25, 0.3) is 5.91 Å². The van der Waals surface area contributed by atoms with Crippen LogP contribution in [-0.2, 0) is 17.6 Å². The third kappa shape index (κ3) is 5.57. The summed E-state index contributed by atoms with van der Waals surface area (Å²) in [5.41, 5.74) is 2.42. The predicted octanol–water partition coefficient (Wildman–Crippen LogP) is 5.04. The van der Waals surface area contributed by atoms with Crippen LogP contribution in [0.4, 0.5) is 10.1 Å².